The Bertz CT molecular complexity index is 859. The molecule has 4 rings (SSSR count). The van der Waals surface area contributed by atoms with E-state index in [0.717, 1.165) is 11.3 Å². The number of carbonyl (C=O) groups excluding carboxylic acids is 2. The standard InChI is InChI=1S/C20H20N2O5/c1-25-16-5-2-13(3-6-16)9-21-19(23)15-10-22(11-15)20(24)14-4-7-17-18(8-14)27-12-26-17/h2-8,15H,9-12H2,1H3,(H,21,23). The zero-order chi connectivity index (χ0) is 18.8. The number of ether oxygens (including phenoxy) is 3. The van der Waals surface area contributed by atoms with Gasteiger partial charge >= 0.3 is 0 Å². The first-order valence-electron chi connectivity index (χ1n) is 8.73. The fourth-order valence-corrected chi connectivity index (χ4v) is 3.10. The zero-order valence-electron chi connectivity index (χ0n) is 14.9. The lowest BCUT2D eigenvalue weighted by atomic mass is 9.97. The number of fused-ring (bicyclic) bond motifs is 1. The summed E-state index contributed by atoms with van der Waals surface area (Å²) in [5, 5.41) is 2.92. The van der Waals surface area contributed by atoms with Gasteiger partial charge in [-0.1, -0.05) is 12.1 Å². The van der Waals surface area contributed by atoms with Crippen molar-refractivity contribution in [1.29, 1.82) is 0 Å². The molecular formula is C20H20N2O5. The van der Waals surface area contributed by atoms with Crippen molar-refractivity contribution in [3.05, 3.63) is 53.6 Å². The number of carbonyl (C=O) groups is 2. The van der Waals surface area contributed by atoms with Crippen molar-refractivity contribution in [3.8, 4) is 17.2 Å². The summed E-state index contributed by atoms with van der Waals surface area (Å²) in [4.78, 5) is 26.5. The van der Waals surface area contributed by atoms with Crippen LogP contribution >= 0.6 is 0 Å². The summed E-state index contributed by atoms with van der Waals surface area (Å²) < 4.78 is 15.7. The van der Waals surface area contributed by atoms with E-state index in [4.69, 9.17) is 14.2 Å². The van der Waals surface area contributed by atoms with Gasteiger partial charge in [0.1, 0.15) is 5.75 Å². The summed E-state index contributed by atoms with van der Waals surface area (Å²) in [6, 6.07) is 12.7. The monoisotopic (exact) mass is 368 g/mol. The first-order chi connectivity index (χ1) is 13.1. The number of nitrogens with zero attached hydrogens (tertiary/aromatic N) is 1. The topological polar surface area (TPSA) is 77.1 Å². The molecule has 2 aliphatic heterocycles. The minimum atomic E-state index is -0.179. The molecule has 0 unspecified atom stereocenters. The summed E-state index contributed by atoms with van der Waals surface area (Å²) in [5.74, 6) is 1.68. The Balaban J connectivity index is 1.27. The van der Waals surface area contributed by atoms with Gasteiger partial charge in [-0.3, -0.25) is 9.59 Å². The normalized spacial score (nSPS) is 15.2. The van der Waals surface area contributed by atoms with E-state index in [1.165, 1.54) is 0 Å². The second kappa shape index (κ2) is 7.19. The number of benzene rings is 2. The van der Waals surface area contributed by atoms with Gasteiger partial charge in [0.15, 0.2) is 11.5 Å². The SMILES string of the molecule is COc1ccc(CNC(=O)C2CN(C(=O)c3ccc4c(c3)OCO4)C2)cc1. The highest BCUT2D eigenvalue weighted by Gasteiger charge is 2.36. The average Bonchev–Trinajstić information content (AvgIpc) is 3.13. The summed E-state index contributed by atoms with van der Waals surface area (Å²) in [7, 11) is 1.62. The fraction of sp³-hybridized carbons (Fsp3) is 0.300. The third-order valence-electron chi connectivity index (χ3n) is 4.78. The Hall–Kier alpha value is -3.22. The van der Waals surface area contributed by atoms with Gasteiger partial charge in [-0.2, -0.15) is 0 Å². The van der Waals surface area contributed by atoms with Crippen LogP contribution in [-0.4, -0.2) is 43.7 Å². The summed E-state index contributed by atoms with van der Waals surface area (Å²) >= 11 is 0. The largest absolute Gasteiger partial charge is 0.497 e. The number of hydrogen-bond acceptors (Lipinski definition) is 5. The maximum absolute atomic E-state index is 12.5. The smallest absolute Gasteiger partial charge is 0.254 e. The van der Waals surface area contributed by atoms with E-state index in [2.05, 4.69) is 5.32 Å². The molecule has 2 aliphatic rings. The Morgan fingerprint density at radius 2 is 1.85 bits per heavy atom. The third kappa shape index (κ3) is 3.53. The van der Waals surface area contributed by atoms with Gasteiger partial charge in [-0.25, -0.2) is 0 Å². The van der Waals surface area contributed by atoms with Crippen molar-refractivity contribution in [2.75, 3.05) is 27.0 Å². The molecule has 0 saturated carbocycles. The molecule has 0 spiro atoms. The molecule has 140 valence electrons. The van der Waals surface area contributed by atoms with Crippen LogP contribution in [-0.2, 0) is 11.3 Å². The van der Waals surface area contributed by atoms with Crippen LogP contribution in [0.5, 0.6) is 17.2 Å². The van der Waals surface area contributed by atoms with Crippen molar-refractivity contribution in [3.63, 3.8) is 0 Å². The highest BCUT2D eigenvalue weighted by atomic mass is 16.7. The number of likely N-dealkylation sites (tertiary alicyclic amines) is 1. The average molecular weight is 368 g/mol. The highest BCUT2D eigenvalue weighted by Crippen LogP contribution is 2.33. The molecule has 7 nitrogen and oxygen atoms in total. The van der Waals surface area contributed by atoms with Gasteiger partial charge in [-0.15, -0.1) is 0 Å². The first kappa shape index (κ1) is 17.2. The van der Waals surface area contributed by atoms with Gasteiger partial charge in [-0.05, 0) is 35.9 Å². The van der Waals surface area contributed by atoms with Crippen molar-refractivity contribution < 1.29 is 23.8 Å². The summed E-state index contributed by atoms with van der Waals surface area (Å²) in [6.07, 6.45) is 0. The van der Waals surface area contributed by atoms with E-state index in [-0.39, 0.29) is 24.5 Å². The van der Waals surface area contributed by atoms with Gasteiger partial charge in [0, 0.05) is 25.2 Å². The summed E-state index contributed by atoms with van der Waals surface area (Å²) in [5.41, 5.74) is 1.54. The molecule has 0 bridgehead atoms. The molecule has 27 heavy (non-hydrogen) atoms. The molecule has 2 amide bonds. The molecule has 2 aromatic rings. The zero-order valence-corrected chi connectivity index (χ0v) is 14.9. The van der Waals surface area contributed by atoms with Crippen molar-refractivity contribution in [2.24, 2.45) is 5.92 Å². The number of hydrogen-bond donors (Lipinski definition) is 1. The van der Waals surface area contributed by atoms with E-state index >= 15 is 0 Å². The van der Waals surface area contributed by atoms with Crippen molar-refractivity contribution >= 4 is 11.8 Å². The second-order valence-electron chi connectivity index (χ2n) is 6.54. The van der Waals surface area contributed by atoms with E-state index in [9.17, 15) is 9.59 Å². The van der Waals surface area contributed by atoms with Crippen LogP contribution in [0.4, 0.5) is 0 Å². The Labute approximate surface area is 156 Å². The molecule has 7 heteroatoms. The van der Waals surface area contributed by atoms with Crippen LogP contribution in [0.25, 0.3) is 0 Å². The van der Waals surface area contributed by atoms with Crippen LogP contribution in [0, 0.1) is 5.92 Å². The third-order valence-corrected chi connectivity index (χ3v) is 4.78. The fourth-order valence-electron chi connectivity index (χ4n) is 3.10. The predicted octanol–water partition coefficient (Wildman–Crippen LogP) is 1.81. The number of rotatable bonds is 5. The van der Waals surface area contributed by atoms with Crippen LogP contribution in [0.15, 0.2) is 42.5 Å². The van der Waals surface area contributed by atoms with Crippen molar-refractivity contribution in [1.82, 2.24) is 10.2 Å². The Morgan fingerprint density at radius 1 is 1.11 bits per heavy atom. The van der Waals surface area contributed by atoms with E-state index in [1.807, 2.05) is 24.3 Å². The molecule has 1 saturated heterocycles. The van der Waals surface area contributed by atoms with Crippen molar-refractivity contribution in [2.45, 2.75) is 6.54 Å². The lowest BCUT2D eigenvalue weighted by molar-refractivity contribution is -0.129. The molecule has 1 N–H and O–H groups in total. The van der Waals surface area contributed by atoms with Crippen LogP contribution in [0.3, 0.4) is 0 Å². The van der Waals surface area contributed by atoms with Gasteiger partial charge in [0.25, 0.3) is 5.91 Å². The second-order valence-corrected chi connectivity index (χ2v) is 6.54. The molecular weight excluding hydrogens is 348 g/mol. The van der Waals surface area contributed by atoms with E-state index in [0.29, 0.717) is 36.7 Å². The molecule has 0 aliphatic carbocycles. The highest BCUT2D eigenvalue weighted by molar-refractivity contribution is 5.96. The molecule has 0 aromatic heterocycles. The van der Waals surface area contributed by atoms with Gasteiger partial charge in [0.05, 0.1) is 13.0 Å². The Kier molecular flexibility index (Phi) is 4.58. The maximum Gasteiger partial charge on any atom is 0.254 e. The maximum atomic E-state index is 12.5. The van der Waals surface area contributed by atoms with E-state index < -0.39 is 0 Å². The Morgan fingerprint density at radius 3 is 2.59 bits per heavy atom. The summed E-state index contributed by atoms with van der Waals surface area (Å²) in [6.45, 7) is 1.46. The molecule has 0 atom stereocenters. The first-order valence-corrected chi connectivity index (χ1v) is 8.73. The van der Waals surface area contributed by atoms with Gasteiger partial charge < -0.3 is 24.4 Å². The number of nitrogens with one attached hydrogen (secondary N) is 1. The number of methoxy groups -OCH3 is 1. The lowest BCUT2D eigenvalue weighted by Gasteiger charge is -2.38. The number of amides is 2. The molecule has 1 fully saturated rings. The quantitative estimate of drug-likeness (QED) is 0.871. The predicted molar refractivity (Wildman–Crippen MR) is 96.8 cm³/mol. The minimum Gasteiger partial charge on any atom is -0.497 e. The van der Waals surface area contributed by atoms with Crippen LogP contribution in [0.1, 0.15) is 15.9 Å². The van der Waals surface area contributed by atoms with Gasteiger partial charge in [0.2, 0.25) is 12.7 Å². The minimum absolute atomic E-state index is 0.0412. The molecule has 2 aromatic carbocycles. The van der Waals surface area contributed by atoms with Crippen LogP contribution in [0.2, 0.25) is 0 Å². The van der Waals surface area contributed by atoms with E-state index in [1.54, 1.807) is 30.2 Å². The van der Waals surface area contributed by atoms with Crippen LogP contribution < -0.4 is 19.5 Å². The molecule has 2 heterocycles. The molecule has 0 radical (unpaired) electrons. The lowest BCUT2D eigenvalue weighted by Crippen LogP contribution is -2.55.